The van der Waals surface area contributed by atoms with Gasteiger partial charge in [0.15, 0.2) is 6.10 Å². The zero-order valence-electron chi connectivity index (χ0n) is 30.1. The van der Waals surface area contributed by atoms with E-state index in [1.54, 1.807) is 30.3 Å². The molecule has 1 fully saturated rings. The minimum absolute atomic E-state index is 0.0846. The topological polar surface area (TPSA) is 227 Å². The molecule has 50 heavy (non-hydrogen) atoms. The van der Waals surface area contributed by atoms with Crippen molar-refractivity contribution in [3.63, 3.8) is 0 Å². The molecular formula is C36H52O14. The molecule has 0 aliphatic carbocycles. The van der Waals surface area contributed by atoms with Crippen LogP contribution in [0.3, 0.4) is 0 Å². The number of aliphatic hydroxyl groups is 3. The van der Waals surface area contributed by atoms with Crippen LogP contribution in [-0.2, 0) is 59.4 Å². The molecule has 0 aromatic heterocycles. The number of aliphatic carboxylic acids is 2. The molecule has 1 aliphatic rings. The minimum atomic E-state index is -1.79. The molecule has 1 aliphatic heterocycles. The zero-order valence-corrected chi connectivity index (χ0v) is 30.1. The van der Waals surface area contributed by atoms with Crippen LogP contribution in [0.15, 0.2) is 36.4 Å². The van der Waals surface area contributed by atoms with Crippen LogP contribution >= 0.6 is 0 Å². The minimum Gasteiger partial charge on any atom is -0.508 e. The highest BCUT2D eigenvalue weighted by atomic mass is 16.7. The second kappa shape index (κ2) is 19.2. The van der Waals surface area contributed by atoms with Crippen molar-refractivity contribution in [3.8, 4) is 11.5 Å². The first kappa shape index (κ1) is 43.8. The van der Waals surface area contributed by atoms with E-state index in [4.69, 9.17) is 34.0 Å². The molecule has 0 bridgehead atoms. The van der Waals surface area contributed by atoms with Crippen molar-refractivity contribution in [2.75, 3.05) is 0 Å². The molecule has 280 valence electrons. The summed E-state index contributed by atoms with van der Waals surface area (Å²) in [6.07, 6.45) is -7.07. The third kappa shape index (κ3) is 16.4. The fourth-order valence-electron chi connectivity index (χ4n) is 4.63. The molecule has 2 aromatic rings. The third-order valence-electron chi connectivity index (χ3n) is 6.65. The third-order valence-corrected chi connectivity index (χ3v) is 6.65. The lowest BCUT2D eigenvalue weighted by Gasteiger charge is -2.38. The first-order valence-corrected chi connectivity index (χ1v) is 15.9. The molecule has 0 radical (unpaired) electrons. The van der Waals surface area contributed by atoms with Gasteiger partial charge in [0, 0.05) is 20.8 Å². The Morgan fingerprint density at radius 2 is 1.14 bits per heavy atom. The number of rotatable bonds is 9. The first-order valence-electron chi connectivity index (χ1n) is 15.9. The van der Waals surface area contributed by atoms with Gasteiger partial charge in [-0.05, 0) is 70.2 Å². The molecule has 6 N–H and O–H groups in total. The molecule has 14 nitrogen and oxygen atoms in total. The van der Waals surface area contributed by atoms with E-state index in [0.717, 1.165) is 35.6 Å². The summed E-state index contributed by atoms with van der Waals surface area (Å²) in [6, 6.07) is 10.4. The number of carboxylic acid groups (broad SMARTS) is 2. The van der Waals surface area contributed by atoms with Crippen LogP contribution in [0, 0.1) is 10.8 Å². The van der Waals surface area contributed by atoms with E-state index >= 15 is 0 Å². The Hall–Kier alpha value is -4.24. The Morgan fingerprint density at radius 3 is 1.58 bits per heavy atom. The largest absolute Gasteiger partial charge is 0.508 e. The number of carboxylic acids is 2. The lowest BCUT2D eigenvalue weighted by Crippen LogP contribution is -2.61. The second-order valence-corrected chi connectivity index (χ2v) is 14.3. The fraction of sp³-hybridized carbons (Fsp3) is 0.556. The average molecular weight is 709 g/mol. The van der Waals surface area contributed by atoms with E-state index in [1.165, 1.54) is 13.8 Å². The van der Waals surface area contributed by atoms with Gasteiger partial charge in [0.05, 0.1) is 0 Å². The van der Waals surface area contributed by atoms with Gasteiger partial charge in [0.2, 0.25) is 6.29 Å². The van der Waals surface area contributed by atoms with Crippen molar-refractivity contribution >= 4 is 23.9 Å². The Kier molecular flexibility index (Phi) is 16.8. The summed E-state index contributed by atoms with van der Waals surface area (Å²) in [5.74, 6) is -2.40. The van der Waals surface area contributed by atoms with Gasteiger partial charge in [0.25, 0.3) is 5.97 Å². The van der Waals surface area contributed by atoms with Gasteiger partial charge < -0.3 is 49.6 Å². The Morgan fingerprint density at radius 1 is 0.700 bits per heavy atom. The SMILES string of the molecule is CC(=O)O.CC(=O)OCc1ccc(O)c(CC(C)(C)C)c1.CC(=O)OCc1ccc(O[C@@H]2O[C@H](C(=O)O)[C@@H](O)[C@H](O)[C@H]2O)c(CC(C)(C)C)c1. The van der Waals surface area contributed by atoms with Crippen molar-refractivity contribution in [3.05, 3.63) is 58.7 Å². The maximum atomic E-state index is 11.3. The number of aliphatic hydroxyl groups excluding tert-OH is 3. The lowest BCUT2D eigenvalue weighted by molar-refractivity contribution is -0.271. The number of benzene rings is 2. The summed E-state index contributed by atoms with van der Waals surface area (Å²) in [7, 11) is 0. The average Bonchev–Trinajstić information content (AvgIpc) is 2.96. The van der Waals surface area contributed by atoms with Gasteiger partial charge in [-0.1, -0.05) is 53.7 Å². The number of phenols is 1. The van der Waals surface area contributed by atoms with Crippen LogP contribution in [0.4, 0.5) is 0 Å². The Labute approximate surface area is 292 Å². The van der Waals surface area contributed by atoms with Crippen molar-refractivity contribution in [1.29, 1.82) is 0 Å². The van der Waals surface area contributed by atoms with Crippen molar-refractivity contribution in [2.45, 2.75) is 119 Å². The summed E-state index contributed by atoms with van der Waals surface area (Å²) >= 11 is 0. The number of carbonyl (C=O) groups excluding carboxylic acids is 2. The predicted molar refractivity (Wildman–Crippen MR) is 180 cm³/mol. The van der Waals surface area contributed by atoms with Crippen LogP contribution in [-0.4, -0.2) is 85.2 Å². The van der Waals surface area contributed by atoms with Crippen LogP contribution in [0.1, 0.15) is 84.6 Å². The number of hydrogen-bond donors (Lipinski definition) is 6. The first-order chi connectivity index (χ1) is 22.9. The highest BCUT2D eigenvalue weighted by Gasteiger charge is 2.48. The molecular weight excluding hydrogens is 656 g/mol. The quantitative estimate of drug-likeness (QED) is 0.204. The van der Waals surface area contributed by atoms with Crippen LogP contribution in [0.5, 0.6) is 11.5 Å². The van der Waals surface area contributed by atoms with Gasteiger partial charge >= 0.3 is 17.9 Å². The van der Waals surface area contributed by atoms with Gasteiger partial charge in [-0.15, -0.1) is 0 Å². The number of esters is 2. The summed E-state index contributed by atoms with van der Waals surface area (Å²) in [6.45, 7) is 16.5. The Balaban J connectivity index is 0.000000502. The standard InChI is InChI=1S/C20H28O9.C14H20O3.C2H4O2/c1-10(21)27-9-11-5-6-13(12(7-11)8-20(2,3)4)28-19-16(24)14(22)15(23)17(29-19)18(25)26;1-10(15)17-9-11-5-6-13(16)12(7-11)8-14(2,3)4;1-2(3)4/h5-7,14-17,19,22-24H,8-9H2,1-4H3,(H,25,26);5-7,16H,8-9H2,1-4H3;1H3,(H,3,4)/t14-,15-,16+,17-,19+;;/m0../s1. The molecule has 0 spiro atoms. The van der Waals surface area contributed by atoms with Crippen LogP contribution in [0.2, 0.25) is 0 Å². The summed E-state index contributed by atoms with van der Waals surface area (Å²) in [4.78, 5) is 42.0. The molecule has 0 unspecified atom stereocenters. The van der Waals surface area contributed by atoms with Crippen LogP contribution < -0.4 is 4.74 Å². The van der Waals surface area contributed by atoms with E-state index < -0.39 is 48.6 Å². The fourth-order valence-corrected chi connectivity index (χ4v) is 4.63. The lowest BCUT2D eigenvalue weighted by atomic mass is 9.87. The molecule has 3 rings (SSSR count). The van der Waals surface area contributed by atoms with E-state index in [2.05, 4.69) is 20.8 Å². The normalized spacial score (nSPS) is 20.2. The van der Waals surface area contributed by atoms with E-state index in [9.17, 15) is 34.8 Å². The monoisotopic (exact) mass is 708 g/mol. The van der Waals surface area contributed by atoms with E-state index in [-0.39, 0.29) is 30.0 Å². The van der Waals surface area contributed by atoms with Gasteiger partial charge in [-0.25, -0.2) is 4.79 Å². The molecule has 5 atom stereocenters. The summed E-state index contributed by atoms with van der Waals surface area (Å²) in [5, 5.41) is 56.3. The molecule has 2 aromatic carbocycles. The number of aromatic hydroxyl groups is 1. The predicted octanol–water partition coefficient (Wildman–Crippen LogP) is 3.74. The summed E-state index contributed by atoms with van der Waals surface area (Å²) < 4.78 is 20.8. The Bertz CT molecular complexity index is 1440. The van der Waals surface area contributed by atoms with Gasteiger partial charge in [-0.3, -0.25) is 14.4 Å². The molecule has 1 heterocycles. The van der Waals surface area contributed by atoms with Crippen molar-refractivity contribution in [1.82, 2.24) is 0 Å². The second-order valence-electron chi connectivity index (χ2n) is 14.3. The van der Waals surface area contributed by atoms with Gasteiger partial charge in [0.1, 0.15) is 43.0 Å². The number of hydrogen-bond acceptors (Lipinski definition) is 12. The maximum Gasteiger partial charge on any atom is 0.335 e. The molecule has 0 saturated carbocycles. The zero-order chi connectivity index (χ0) is 38.6. The maximum absolute atomic E-state index is 11.3. The van der Waals surface area contributed by atoms with E-state index in [1.807, 2.05) is 26.8 Å². The highest BCUT2D eigenvalue weighted by molar-refractivity contribution is 5.73. The molecule has 1 saturated heterocycles. The van der Waals surface area contributed by atoms with Crippen LogP contribution in [0.25, 0.3) is 0 Å². The van der Waals surface area contributed by atoms with Gasteiger partial charge in [-0.2, -0.15) is 0 Å². The van der Waals surface area contributed by atoms with Crippen molar-refractivity contribution < 1.29 is 68.8 Å². The molecule has 0 amide bonds. The number of carbonyl (C=O) groups is 4. The van der Waals surface area contributed by atoms with Crippen molar-refractivity contribution in [2.24, 2.45) is 10.8 Å². The summed E-state index contributed by atoms with van der Waals surface area (Å²) in [5.41, 5.74) is 3.22. The van der Waals surface area contributed by atoms with E-state index in [0.29, 0.717) is 17.9 Å². The number of ether oxygens (including phenoxy) is 4. The smallest absolute Gasteiger partial charge is 0.335 e. The number of phenolic OH excluding ortho intramolecular Hbond substituents is 1. The molecule has 14 heteroatoms. The highest BCUT2D eigenvalue weighted by Crippen LogP contribution is 2.32.